The summed E-state index contributed by atoms with van der Waals surface area (Å²) in [5, 5.41) is 0.0648. The van der Waals surface area contributed by atoms with Gasteiger partial charge in [0, 0.05) is 33.4 Å². The van der Waals surface area contributed by atoms with Gasteiger partial charge in [-0.3, -0.25) is 0 Å². The van der Waals surface area contributed by atoms with Crippen LogP contribution in [0.15, 0.2) is 0 Å². The Labute approximate surface area is 92.3 Å². The van der Waals surface area contributed by atoms with Gasteiger partial charge in [-0.15, -0.1) is 11.6 Å². The van der Waals surface area contributed by atoms with Gasteiger partial charge in [0.15, 0.2) is 0 Å². The fourth-order valence-corrected chi connectivity index (χ4v) is 1.58. The van der Waals surface area contributed by atoms with Gasteiger partial charge in [0.05, 0.1) is 12.0 Å². The minimum absolute atomic E-state index is 0.0648. The molecular weight excluding hydrogens is 202 g/mol. The van der Waals surface area contributed by atoms with Crippen molar-refractivity contribution in [3.63, 3.8) is 0 Å². The molecule has 0 saturated heterocycles. The van der Waals surface area contributed by atoms with Crippen molar-refractivity contribution >= 4 is 11.6 Å². The van der Waals surface area contributed by atoms with Gasteiger partial charge in [-0.2, -0.15) is 0 Å². The molecular formula is C10H22ClNO2. The second kappa shape index (κ2) is 8.48. The molecule has 0 aromatic carbocycles. The molecule has 0 saturated carbocycles. The topological polar surface area (TPSA) is 21.7 Å². The van der Waals surface area contributed by atoms with Gasteiger partial charge < -0.3 is 14.4 Å². The van der Waals surface area contributed by atoms with E-state index in [0.717, 1.165) is 19.6 Å². The Morgan fingerprint density at radius 2 is 1.93 bits per heavy atom. The Kier molecular flexibility index (Phi) is 8.58. The van der Waals surface area contributed by atoms with Gasteiger partial charge in [-0.1, -0.05) is 0 Å². The highest BCUT2D eigenvalue weighted by Gasteiger charge is 2.13. The molecule has 0 aliphatic heterocycles. The summed E-state index contributed by atoms with van der Waals surface area (Å²) >= 11 is 6.06. The molecule has 0 aromatic heterocycles. The second-order valence-electron chi connectivity index (χ2n) is 3.62. The largest absolute Gasteiger partial charge is 0.385 e. The van der Waals surface area contributed by atoms with Gasteiger partial charge in [0.25, 0.3) is 0 Å². The van der Waals surface area contributed by atoms with E-state index in [1.54, 1.807) is 14.2 Å². The molecule has 0 fully saturated rings. The molecule has 14 heavy (non-hydrogen) atoms. The van der Waals surface area contributed by atoms with Crippen LogP contribution >= 0.6 is 11.6 Å². The van der Waals surface area contributed by atoms with E-state index in [1.165, 1.54) is 0 Å². The zero-order chi connectivity index (χ0) is 11.0. The summed E-state index contributed by atoms with van der Waals surface area (Å²) in [6.07, 6.45) is 1.03. The van der Waals surface area contributed by atoms with Crippen LogP contribution in [0.1, 0.15) is 13.3 Å². The minimum atomic E-state index is 0.0648. The lowest BCUT2D eigenvalue weighted by molar-refractivity contribution is 0.140. The predicted molar refractivity (Wildman–Crippen MR) is 60.1 cm³/mol. The van der Waals surface area contributed by atoms with Crippen LogP contribution in [-0.4, -0.2) is 57.3 Å². The first-order chi connectivity index (χ1) is 6.61. The summed E-state index contributed by atoms with van der Waals surface area (Å²) in [6, 6.07) is 0.494. The molecule has 0 aliphatic rings. The zero-order valence-corrected chi connectivity index (χ0v) is 10.4. The number of alkyl halides is 1. The van der Waals surface area contributed by atoms with Gasteiger partial charge >= 0.3 is 0 Å². The average molecular weight is 224 g/mol. The van der Waals surface area contributed by atoms with Crippen molar-refractivity contribution in [3.8, 4) is 0 Å². The molecule has 0 amide bonds. The maximum atomic E-state index is 6.06. The number of nitrogens with zero attached hydrogens (tertiary/aromatic N) is 1. The third kappa shape index (κ3) is 6.60. The molecule has 3 nitrogen and oxygen atoms in total. The van der Waals surface area contributed by atoms with Crippen molar-refractivity contribution in [1.29, 1.82) is 0 Å². The summed E-state index contributed by atoms with van der Waals surface area (Å²) in [4.78, 5) is 2.23. The Balaban J connectivity index is 3.64. The van der Waals surface area contributed by atoms with Crippen LogP contribution in [0.4, 0.5) is 0 Å². The van der Waals surface area contributed by atoms with Crippen LogP contribution in [0.3, 0.4) is 0 Å². The van der Waals surface area contributed by atoms with Crippen molar-refractivity contribution in [1.82, 2.24) is 4.90 Å². The van der Waals surface area contributed by atoms with E-state index in [-0.39, 0.29) is 5.38 Å². The van der Waals surface area contributed by atoms with Crippen molar-refractivity contribution in [2.45, 2.75) is 24.8 Å². The second-order valence-corrected chi connectivity index (χ2v) is 4.24. The van der Waals surface area contributed by atoms with Crippen LogP contribution < -0.4 is 0 Å². The van der Waals surface area contributed by atoms with E-state index in [0.29, 0.717) is 12.6 Å². The Morgan fingerprint density at radius 3 is 2.43 bits per heavy atom. The smallest absolute Gasteiger partial charge is 0.0696 e. The molecule has 0 N–H and O–H groups in total. The van der Waals surface area contributed by atoms with Gasteiger partial charge in [0.1, 0.15) is 0 Å². The number of hydrogen-bond donors (Lipinski definition) is 0. The zero-order valence-electron chi connectivity index (χ0n) is 9.62. The Hall–Kier alpha value is 0.170. The van der Waals surface area contributed by atoms with Crippen LogP contribution in [-0.2, 0) is 9.47 Å². The Bertz CT molecular complexity index is 135. The van der Waals surface area contributed by atoms with E-state index in [4.69, 9.17) is 21.1 Å². The maximum absolute atomic E-state index is 6.06. The van der Waals surface area contributed by atoms with Crippen LogP contribution in [0.2, 0.25) is 0 Å². The maximum Gasteiger partial charge on any atom is 0.0696 e. The first kappa shape index (κ1) is 14.2. The van der Waals surface area contributed by atoms with E-state index in [9.17, 15) is 0 Å². The average Bonchev–Trinajstić information content (AvgIpc) is 2.14. The van der Waals surface area contributed by atoms with E-state index in [1.807, 2.05) is 0 Å². The van der Waals surface area contributed by atoms with Gasteiger partial charge in [-0.05, 0) is 20.4 Å². The van der Waals surface area contributed by atoms with Gasteiger partial charge in [0.2, 0.25) is 0 Å². The number of ether oxygens (including phenoxy) is 2. The Morgan fingerprint density at radius 1 is 1.29 bits per heavy atom. The van der Waals surface area contributed by atoms with Gasteiger partial charge in [-0.25, -0.2) is 0 Å². The highest BCUT2D eigenvalue weighted by Crippen LogP contribution is 2.05. The molecule has 0 heterocycles. The molecule has 0 rings (SSSR count). The normalized spacial score (nSPS) is 15.9. The third-order valence-electron chi connectivity index (χ3n) is 2.33. The molecule has 2 atom stereocenters. The highest BCUT2D eigenvalue weighted by atomic mass is 35.5. The lowest BCUT2D eigenvalue weighted by Crippen LogP contribution is -2.36. The van der Waals surface area contributed by atoms with Crippen LogP contribution in [0, 0.1) is 0 Å². The summed E-state index contributed by atoms with van der Waals surface area (Å²) in [6.45, 7) is 4.42. The molecule has 0 spiro atoms. The monoisotopic (exact) mass is 223 g/mol. The molecule has 86 valence electrons. The summed E-state index contributed by atoms with van der Waals surface area (Å²) < 4.78 is 10.0. The van der Waals surface area contributed by atoms with Crippen molar-refractivity contribution in [3.05, 3.63) is 0 Å². The number of rotatable bonds is 8. The van der Waals surface area contributed by atoms with Crippen molar-refractivity contribution in [2.75, 3.05) is 41.0 Å². The lowest BCUT2D eigenvalue weighted by atomic mass is 10.2. The molecule has 0 radical (unpaired) electrons. The lowest BCUT2D eigenvalue weighted by Gasteiger charge is -2.26. The fourth-order valence-electron chi connectivity index (χ4n) is 1.23. The van der Waals surface area contributed by atoms with Crippen LogP contribution in [0.5, 0.6) is 0 Å². The summed E-state index contributed by atoms with van der Waals surface area (Å²) in [7, 11) is 5.47. The first-order valence-electron chi connectivity index (χ1n) is 4.94. The van der Waals surface area contributed by atoms with Crippen molar-refractivity contribution < 1.29 is 9.47 Å². The quantitative estimate of drug-likeness (QED) is 0.584. The molecule has 2 unspecified atom stereocenters. The molecule has 0 bridgehead atoms. The fraction of sp³-hybridized carbons (Fsp3) is 1.00. The number of hydrogen-bond acceptors (Lipinski definition) is 3. The number of halogens is 1. The summed E-state index contributed by atoms with van der Waals surface area (Å²) in [5.41, 5.74) is 0. The number of methoxy groups -OCH3 is 2. The SMILES string of the molecule is COCCC(C)N(C)CC(Cl)COC. The third-order valence-corrected chi connectivity index (χ3v) is 2.59. The van der Waals surface area contributed by atoms with Crippen molar-refractivity contribution in [2.24, 2.45) is 0 Å². The van der Waals surface area contributed by atoms with Crippen LogP contribution in [0.25, 0.3) is 0 Å². The minimum Gasteiger partial charge on any atom is -0.385 e. The first-order valence-corrected chi connectivity index (χ1v) is 5.37. The predicted octanol–water partition coefficient (Wildman–Crippen LogP) is 1.60. The van der Waals surface area contributed by atoms with E-state index in [2.05, 4.69) is 18.9 Å². The molecule has 4 heteroatoms. The summed E-state index contributed by atoms with van der Waals surface area (Å²) in [5.74, 6) is 0. The molecule has 0 aliphatic carbocycles. The standard InChI is InChI=1S/C10H22ClNO2/c1-9(5-6-13-3)12(2)7-10(11)8-14-4/h9-10H,5-8H2,1-4H3. The molecule has 0 aromatic rings. The van der Waals surface area contributed by atoms with E-state index >= 15 is 0 Å². The highest BCUT2D eigenvalue weighted by molar-refractivity contribution is 6.20. The van der Waals surface area contributed by atoms with E-state index < -0.39 is 0 Å².